The molecule has 0 radical (unpaired) electrons. The van der Waals surface area contributed by atoms with Crippen molar-refractivity contribution >= 4 is 62.9 Å². The van der Waals surface area contributed by atoms with Crippen molar-refractivity contribution in [2.24, 2.45) is 17.2 Å². The Morgan fingerprint density at radius 3 is 1.98 bits per heavy atom. The predicted octanol–water partition coefficient (Wildman–Crippen LogP) is 0.358. The molecule has 268 valence electrons. The average molecular weight is 708 g/mol. The third-order valence-electron chi connectivity index (χ3n) is 7.52. The monoisotopic (exact) mass is 707 g/mol. The van der Waals surface area contributed by atoms with Gasteiger partial charge in [-0.25, -0.2) is 4.98 Å². The van der Waals surface area contributed by atoms with Crippen LogP contribution in [0.1, 0.15) is 60.3 Å². The molecule has 50 heavy (non-hydrogen) atoms. The quantitative estimate of drug-likeness (QED) is 0.0314. The Hall–Kier alpha value is -5.58. The Kier molecular flexibility index (Phi) is 15.6. The van der Waals surface area contributed by atoms with E-state index in [1.54, 1.807) is 30.3 Å². The van der Waals surface area contributed by atoms with Gasteiger partial charge in [-0.1, -0.05) is 42.5 Å². The van der Waals surface area contributed by atoms with Gasteiger partial charge in [0.1, 0.15) is 12.1 Å². The summed E-state index contributed by atoms with van der Waals surface area (Å²) in [5, 5.41) is 28.4. The van der Waals surface area contributed by atoms with E-state index in [2.05, 4.69) is 31.6 Å². The van der Waals surface area contributed by atoms with Crippen LogP contribution < -0.4 is 43.8 Å². The second-order valence-electron chi connectivity index (χ2n) is 11.6. The van der Waals surface area contributed by atoms with Gasteiger partial charge in [-0.2, -0.15) is 0 Å². The second kappa shape index (κ2) is 20.1. The smallest absolute Gasteiger partial charge is 0.243 e. The maximum atomic E-state index is 13.9. The number of rotatable bonds is 21. The lowest BCUT2D eigenvalue weighted by molar-refractivity contribution is -0.132. The molecule has 0 aliphatic rings. The van der Waals surface area contributed by atoms with Gasteiger partial charge >= 0.3 is 0 Å². The third-order valence-corrected chi connectivity index (χ3v) is 8.57. The molecule has 1 heterocycles. The van der Waals surface area contributed by atoms with Gasteiger partial charge < -0.3 is 43.8 Å². The number of fused-ring (bicyclic) bond motifs is 1. The fourth-order valence-electron chi connectivity index (χ4n) is 4.98. The van der Waals surface area contributed by atoms with Crippen LogP contribution in [0.4, 0.5) is 0 Å². The summed E-state index contributed by atoms with van der Waals surface area (Å²) in [4.78, 5) is 70.2. The molecule has 0 saturated heterocycles. The first kappa shape index (κ1) is 38.9. The molecule has 3 atom stereocenters. The number of unbranched alkanes of at least 4 members (excludes halogenated alkanes) is 1. The lowest BCUT2D eigenvalue weighted by atomic mass is 10.0. The van der Waals surface area contributed by atoms with Crippen LogP contribution in [-0.2, 0) is 25.6 Å². The number of nitrogens with one attached hydrogen (secondary N) is 7. The van der Waals surface area contributed by atoms with E-state index < -0.39 is 47.5 Å². The average Bonchev–Trinajstić information content (AvgIpc) is 3.51. The van der Waals surface area contributed by atoms with Gasteiger partial charge in [-0.15, -0.1) is 11.3 Å². The number of para-hydroxylation sites is 1. The molecular formula is C33H45N11O5S. The molecule has 3 aromatic rings. The highest BCUT2D eigenvalue weighted by molar-refractivity contribution is 7.20. The van der Waals surface area contributed by atoms with Crippen molar-refractivity contribution < 1.29 is 24.0 Å². The molecule has 4 amide bonds. The van der Waals surface area contributed by atoms with E-state index in [-0.39, 0.29) is 55.6 Å². The highest BCUT2D eigenvalue weighted by Crippen LogP contribution is 2.23. The third kappa shape index (κ3) is 13.5. The number of hydrogen-bond donors (Lipinski definition) is 10. The zero-order chi connectivity index (χ0) is 36.5. The van der Waals surface area contributed by atoms with Crippen molar-refractivity contribution in [3.63, 3.8) is 0 Å². The van der Waals surface area contributed by atoms with Crippen LogP contribution in [0.25, 0.3) is 10.2 Å². The maximum absolute atomic E-state index is 13.9. The molecule has 0 bridgehead atoms. The van der Waals surface area contributed by atoms with E-state index in [4.69, 9.17) is 28.0 Å². The normalized spacial score (nSPS) is 12.6. The zero-order valence-electron chi connectivity index (χ0n) is 27.6. The fraction of sp³-hybridized carbons (Fsp3) is 0.394. The first-order chi connectivity index (χ1) is 23.9. The first-order valence-corrected chi connectivity index (χ1v) is 17.0. The second-order valence-corrected chi connectivity index (χ2v) is 12.6. The zero-order valence-corrected chi connectivity index (χ0v) is 28.4. The van der Waals surface area contributed by atoms with Crippen molar-refractivity contribution in [3.8, 4) is 0 Å². The van der Waals surface area contributed by atoms with Crippen molar-refractivity contribution in [2.75, 3.05) is 13.1 Å². The van der Waals surface area contributed by atoms with Crippen LogP contribution in [0.15, 0.2) is 54.6 Å². The van der Waals surface area contributed by atoms with Gasteiger partial charge in [0.2, 0.25) is 29.4 Å². The Labute approximate surface area is 293 Å². The minimum atomic E-state index is -1.17. The highest BCUT2D eigenvalue weighted by atomic mass is 32.1. The number of thiazole rings is 1. The van der Waals surface area contributed by atoms with Gasteiger partial charge in [-0.3, -0.25) is 34.8 Å². The van der Waals surface area contributed by atoms with Crippen LogP contribution in [0.2, 0.25) is 0 Å². The fourth-order valence-corrected chi connectivity index (χ4v) is 5.94. The molecule has 0 saturated carbocycles. The largest absolute Gasteiger partial charge is 0.370 e. The molecule has 13 N–H and O–H groups in total. The molecule has 1 aromatic heterocycles. The Balaban J connectivity index is 1.80. The molecule has 0 spiro atoms. The van der Waals surface area contributed by atoms with Crippen LogP contribution in [0.3, 0.4) is 0 Å². The summed E-state index contributed by atoms with van der Waals surface area (Å²) in [6.45, 7) is 0.688. The summed E-state index contributed by atoms with van der Waals surface area (Å²) in [5.41, 5.74) is 17.4. The van der Waals surface area contributed by atoms with Crippen LogP contribution >= 0.6 is 11.3 Å². The number of hydrogen-bond acceptors (Lipinski definition) is 9. The summed E-state index contributed by atoms with van der Waals surface area (Å²) in [5.74, 6) is -3.26. The number of guanidine groups is 2. The van der Waals surface area contributed by atoms with E-state index >= 15 is 0 Å². The molecular weight excluding hydrogens is 663 g/mol. The predicted molar refractivity (Wildman–Crippen MR) is 191 cm³/mol. The Morgan fingerprint density at radius 2 is 1.32 bits per heavy atom. The van der Waals surface area contributed by atoms with Gasteiger partial charge in [0.15, 0.2) is 16.9 Å². The maximum Gasteiger partial charge on any atom is 0.243 e. The van der Waals surface area contributed by atoms with Gasteiger partial charge in [-0.05, 0) is 49.8 Å². The molecule has 3 rings (SSSR count). The van der Waals surface area contributed by atoms with Crippen molar-refractivity contribution in [3.05, 3.63) is 65.2 Å². The first-order valence-electron chi connectivity index (χ1n) is 16.2. The number of benzene rings is 2. The summed E-state index contributed by atoms with van der Waals surface area (Å²) in [7, 11) is 0. The van der Waals surface area contributed by atoms with E-state index in [0.29, 0.717) is 31.3 Å². The lowest BCUT2D eigenvalue weighted by Crippen LogP contribution is -2.56. The minimum absolute atomic E-state index is 0.0615. The van der Waals surface area contributed by atoms with Crippen molar-refractivity contribution in [1.29, 1.82) is 10.8 Å². The van der Waals surface area contributed by atoms with Crippen molar-refractivity contribution in [2.45, 2.75) is 69.5 Å². The number of Topliss-reactive ketones (excluding diaryl/α,β-unsaturated/α-hetero) is 1. The number of nitrogens with zero attached hydrogens (tertiary/aromatic N) is 1. The van der Waals surface area contributed by atoms with Crippen LogP contribution in [0, 0.1) is 10.8 Å². The molecule has 0 aliphatic carbocycles. The summed E-state index contributed by atoms with van der Waals surface area (Å²) in [6, 6.07) is 12.9. The van der Waals surface area contributed by atoms with Crippen molar-refractivity contribution in [1.82, 2.24) is 31.6 Å². The number of carbonyl (C=O) groups is 5. The summed E-state index contributed by atoms with van der Waals surface area (Å²) in [6.07, 6.45) is 1.40. The molecule has 2 aromatic carbocycles. The molecule has 0 aliphatic heterocycles. The molecule has 17 heteroatoms. The number of amides is 4. The number of carbonyl (C=O) groups excluding carboxylic acids is 5. The van der Waals surface area contributed by atoms with Crippen LogP contribution in [0.5, 0.6) is 0 Å². The molecule has 0 unspecified atom stereocenters. The summed E-state index contributed by atoms with van der Waals surface area (Å²) < 4.78 is 0.810. The molecule has 0 fully saturated rings. The van der Waals surface area contributed by atoms with E-state index in [1.165, 1.54) is 11.3 Å². The van der Waals surface area contributed by atoms with Gasteiger partial charge in [0.25, 0.3) is 0 Å². The Morgan fingerprint density at radius 1 is 0.700 bits per heavy atom. The van der Waals surface area contributed by atoms with E-state index in [9.17, 15) is 24.0 Å². The number of aromatic nitrogens is 1. The van der Waals surface area contributed by atoms with E-state index in [0.717, 1.165) is 10.3 Å². The SMILES string of the molecule is N=C(N)NCCCCC(=O)N[C@@H](CCC(N)=O)C(=O)N[C@@H](Cc1ccccc1)C(=O)N[C@@H](CCCNC(=N)N)C(=O)c1nc2ccccc2s1. The number of primary amides is 1. The van der Waals surface area contributed by atoms with E-state index in [1.807, 2.05) is 24.3 Å². The molecule has 16 nitrogen and oxygen atoms in total. The Bertz CT molecular complexity index is 1620. The van der Waals surface area contributed by atoms with Gasteiger partial charge in [0, 0.05) is 32.4 Å². The summed E-state index contributed by atoms with van der Waals surface area (Å²) >= 11 is 1.21. The standard InChI is InChI=1S/C33H45N11O5S/c34-26(45)16-15-23(41-27(46)14-6-7-17-39-32(35)36)29(48)43-24(19-20-9-2-1-3-10-20)30(49)42-22(12-8-18-40-33(37)38)28(47)31-44-21-11-4-5-13-25(21)50-31/h1-5,9-11,13,22-24H,6-8,12,14-19H2,(H2,34,45)(H,41,46)(H,42,49)(H,43,48)(H4,35,36,39)(H4,37,38,40)/t22-,23-,24-/m0/s1. The van der Waals surface area contributed by atoms with Crippen LogP contribution in [-0.4, -0.2) is 77.5 Å². The lowest BCUT2D eigenvalue weighted by Gasteiger charge is -2.25. The highest BCUT2D eigenvalue weighted by Gasteiger charge is 2.31. The number of nitrogens with two attached hydrogens (primary N) is 3. The topological polar surface area (TPSA) is 284 Å². The van der Waals surface area contributed by atoms with Gasteiger partial charge in [0.05, 0.1) is 16.3 Å². The number of ketones is 1. The minimum Gasteiger partial charge on any atom is -0.370 e.